The van der Waals surface area contributed by atoms with Gasteiger partial charge in [0.2, 0.25) is 5.91 Å². The fourth-order valence-corrected chi connectivity index (χ4v) is 3.06. The standard InChI is InChI=1S/C26H23ClN2O5/c1-2-33-26(32)34-23-13-9-20(10-14-23)25(31)29-22-11-6-19(7-12-22)17-28-24(30)15-8-18-4-3-5-21(27)16-18/h3-16H,2,17H2,1H3,(H,28,30)(H,29,31)/b15-8+. The Morgan fingerprint density at radius 3 is 2.38 bits per heavy atom. The Labute approximate surface area is 202 Å². The summed E-state index contributed by atoms with van der Waals surface area (Å²) in [6, 6.07) is 20.4. The number of rotatable bonds is 8. The van der Waals surface area contributed by atoms with E-state index in [4.69, 9.17) is 21.1 Å². The van der Waals surface area contributed by atoms with Crippen LogP contribution in [0.15, 0.2) is 78.9 Å². The van der Waals surface area contributed by atoms with Crippen LogP contribution in [-0.2, 0) is 16.1 Å². The molecular weight excluding hydrogens is 456 g/mol. The molecule has 0 aromatic heterocycles. The molecule has 174 valence electrons. The van der Waals surface area contributed by atoms with Crippen molar-refractivity contribution < 1.29 is 23.9 Å². The van der Waals surface area contributed by atoms with Crippen molar-refractivity contribution in [1.82, 2.24) is 5.32 Å². The van der Waals surface area contributed by atoms with Crippen LogP contribution in [0.4, 0.5) is 10.5 Å². The molecule has 0 radical (unpaired) electrons. The number of ether oxygens (including phenoxy) is 2. The largest absolute Gasteiger partial charge is 0.513 e. The summed E-state index contributed by atoms with van der Waals surface area (Å²) in [5.41, 5.74) is 2.72. The number of carbonyl (C=O) groups excluding carboxylic acids is 3. The molecule has 0 bridgehead atoms. The summed E-state index contributed by atoms with van der Waals surface area (Å²) < 4.78 is 9.68. The zero-order valence-corrected chi connectivity index (χ0v) is 19.2. The zero-order chi connectivity index (χ0) is 24.3. The molecule has 2 amide bonds. The monoisotopic (exact) mass is 478 g/mol. The first-order chi connectivity index (χ1) is 16.4. The first kappa shape index (κ1) is 24.5. The van der Waals surface area contributed by atoms with E-state index in [2.05, 4.69) is 10.6 Å². The topological polar surface area (TPSA) is 93.7 Å². The molecule has 2 N–H and O–H groups in total. The molecule has 0 unspecified atom stereocenters. The van der Waals surface area contributed by atoms with Crippen LogP contribution in [-0.4, -0.2) is 24.6 Å². The van der Waals surface area contributed by atoms with E-state index in [0.29, 0.717) is 22.8 Å². The van der Waals surface area contributed by atoms with Gasteiger partial charge in [-0.2, -0.15) is 0 Å². The van der Waals surface area contributed by atoms with Gasteiger partial charge in [0.1, 0.15) is 5.75 Å². The maximum absolute atomic E-state index is 12.4. The molecule has 7 nitrogen and oxygen atoms in total. The van der Waals surface area contributed by atoms with Gasteiger partial charge in [-0.05, 0) is 72.7 Å². The van der Waals surface area contributed by atoms with E-state index in [1.807, 2.05) is 24.3 Å². The van der Waals surface area contributed by atoms with Gasteiger partial charge in [-0.15, -0.1) is 0 Å². The predicted octanol–water partition coefficient (Wildman–Crippen LogP) is 5.46. The third-order valence-electron chi connectivity index (χ3n) is 4.53. The molecule has 0 spiro atoms. The number of nitrogens with one attached hydrogen (secondary N) is 2. The number of hydrogen-bond acceptors (Lipinski definition) is 5. The molecule has 0 saturated heterocycles. The van der Waals surface area contributed by atoms with E-state index in [1.165, 1.54) is 18.2 Å². The molecule has 3 aromatic carbocycles. The molecule has 34 heavy (non-hydrogen) atoms. The van der Waals surface area contributed by atoms with E-state index in [9.17, 15) is 14.4 Å². The highest BCUT2D eigenvalue weighted by Gasteiger charge is 2.09. The lowest BCUT2D eigenvalue weighted by Crippen LogP contribution is -2.20. The summed E-state index contributed by atoms with van der Waals surface area (Å²) in [5.74, 6) is -0.258. The van der Waals surface area contributed by atoms with Crippen molar-refractivity contribution in [3.05, 3.63) is 101 Å². The highest BCUT2D eigenvalue weighted by atomic mass is 35.5. The molecule has 0 aliphatic heterocycles. The van der Waals surface area contributed by atoms with Crippen molar-refractivity contribution in [2.45, 2.75) is 13.5 Å². The van der Waals surface area contributed by atoms with Gasteiger partial charge >= 0.3 is 6.16 Å². The van der Waals surface area contributed by atoms with Gasteiger partial charge in [0.05, 0.1) is 6.61 Å². The highest BCUT2D eigenvalue weighted by Crippen LogP contribution is 2.16. The molecule has 0 aliphatic rings. The Morgan fingerprint density at radius 2 is 1.71 bits per heavy atom. The second kappa shape index (κ2) is 12.2. The van der Waals surface area contributed by atoms with Crippen molar-refractivity contribution in [3.63, 3.8) is 0 Å². The first-order valence-corrected chi connectivity index (χ1v) is 10.9. The van der Waals surface area contributed by atoms with Crippen LogP contribution < -0.4 is 15.4 Å². The fraction of sp³-hybridized carbons (Fsp3) is 0.115. The third-order valence-corrected chi connectivity index (χ3v) is 4.77. The Bertz CT molecular complexity index is 1170. The SMILES string of the molecule is CCOC(=O)Oc1ccc(C(=O)Nc2ccc(CNC(=O)/C=C/c3cccc(Cl)c3)cc2)cc1. The molecule has 0 aliphatic carbocycles. The molecular formula is C26H23ClN2O5. The normalized spacial score (nSPS) is 10.5. The van der Waals surface area contributed by atoms with Crippen molar-refractivity contribution in [2.24, 2.45) is 0 Å². The Morgan fingerprint density at radius 1 is 0.971 bits per heavy atom. The van der Waals surface area contributed by atoms with E-state index in [1.54, 1.807) is 49.4 Å². The minimum atomic E-state index is -0.798. The third kappa shape index (κ3) is 7.79. The van der Waals surface area contributed by atoms with E-state index in [0.717, 1.165) is 11.1 Å². The summed E-state index contributed by atoms with van der Waals surface area (Å²) in [4.78, 5) is 35.8. The zero-order valence-electron chi connectivity index (χ0n) is 18.4. The van der Waals surface area contributed by atoms with Crippen LogP contribution in [0.1, 0.15) is 28.4 Å². The van der Waals surface area contributed by atoms with Crippen molar-refractivity contribution in [3.8, 4) is 5.75 Å². The van der Waals surface area contributed by atoms with Gasteiger partial charge in [0.25, 0.3) is 5.91 Å². The van der Waals surface area contributed by atoms with Crippen molar-refractivity contribution in [1.29, 1.82) is 0 Å². The van der Waals surface area contributed by atoms with Gasteiger partial charge < -0.3 is 20.1 Å². The summed E-state index contributed by atoms with van der Waals surface area (Å²) in [7, 11) is 0. The number of anilines is 1. The number of carbonyl (C=O) groups is 3. The Hall–Kier alpha value is -4.10. The second-order valence-electron chi connectivity index (χ2n) is 7.07. The molecule has 0 atom stereocenters. The fourth-order valence-electron chi connectivity index (χ4n) is 2.86. The number of hydrogen-bond donors (Lipinski definition) is 2. The van der Waals surface area contributed by atoms with Gasteiger partial charge in [-0.25, -0.2) is 4.79 Å². The van der Waals surface area contributed by atoms with Crippen LogP contribution in [0.5, 0.6) is 5.75 Å². The Kier molecular flexibility index (Phi) is 8.82. The smallest absolute Gasteiger partial charge is 0.434 e. The van der Waals surface area contributed by atoms with Crippen LogP contribution in [0.3, 0.4) is 0 Å². The maximum Gasteiger partial charge on any atom is 0.513 e. The van der Waals surface area contributed by atoms with Crippen LogP contribution in [0.2, 0.25) is 5.02 Å². The van der Waals surface area contributed by atoms with E-state index >= 15 is 0 Å². The molecule has 3 rings (SSSR count). The Balaban J connectivity index is 1.48. The number of halogens is 1. The van der Waals surface area contributed by atoms with Crippen molar-refractivity contribution >= 4 is 41.3 Å². The average molecular weight is 479 g/mol. The lowest BCUT2D eigenvalue weighted by molar-refractivity contribution is -0.116. The lowest BCUT2D eigenvalue weighted by atomic mass is 10.1. The summed E-state index contributed by atoms with van der Waals surface area (Å²) in [6.07, 6.45) is 2.34. The summed E-state index contributed by atoms with van der Waals surface area (Å²) in [5, 5.41) is 6.21. The van der Waals surface area contributed by atoms with Gasteiger partial charge in [0.15, 0.2) is 0 Å². The molecule has 0 fully saturated rings. The minimum absolute atomic E-state index is 0.214. The average Bonchev–Trinajstić information content (AvgIpc) is 2.83. The lowest BCUT2D eigenvalue weighted by Gasteiger charge is -2.08. The van der Waals surface area contributed by atoms with Gasteiger partial charge in [0, 0.05) is 28.9 Å². The van der Waals surface area contributed by atoms with Gasteiger partial charge in [-0.3, -0.25) is 9.59 Å². The number of amides is 2. The molecule has 0 saturated carbocycles. The first-order valence-electron chi connectivity index (χ1n) is 10.5. The molecule has 3 aromatic rings. The van der Waals surface area contributed by atoms with Crippen LogP contribution >= 0.6 is 11.6 Å². The van der Waals surface area contributed by atoms with E-state index in [-0.39, 0.29) is 24.2 Å². The second-order valence-corrected chi connectivity index (χ2v) is 7.50. The minimum Gasteiger partial charge on any atom is -0.434 e. The quantitative estimate of drug-likeness (QED) is 0.255. The maximum atomic E-state index is 12.4. The molecule has 8 heteroatoms. The van der Waals surface area contributed by atoms with Gasteiger partial charge in [-0.1, -0.05) is 35.9 Å². The highest BCUT2D eigenvalue weighted by molar-refractivity contribution is 6.30. The van der Waals surface area contributed by atoms with Crippen LogP contribution in [0.25, 0.3) is 6.08 Å². The molecule has 0 heterocycles. The predicted molar refractivity (Wildman–Crippen MR) is 131 cm³/mol. The summed E-state index contributed by atoms with van der Waals surface area (Å²) in [6.45, 7) is 2.24. The van der Waals surface area contributed by atoms with Crippen molar-refractivity contribution in [2.75, 3.05) is 11.9 Å². The number of benzene rings is 3. The van der Waals surface area contributed by atoms with Crippen LogP contribution in [0, 0.1) is 0 Å². The summed E-state index contributed by atoms with van der Waals surface area (Å²) >= 11 is 5.93. The van der Waals surface area contributed by atoms with E-state index < -0.39 is 6.16 Å².